The first-order chi connectivity index (χ1) is 8.15. The Labute approximate surface area is 110 Å². The molecule has 1 aliphatic carbocycles. The van der Waals surface area contributed by atoms with Gasteiger partial charge in [-0.15, -0.1) is 0 Å². The van der Waals surface area contributed by atoms with Crippen molar-refractivity contribution in [3.63, 3.8) is 0 Å². The summed E-state index contributed by atoms with van der Waals surface area (Å²) in [4.78, 5) is 3.93. The third kappa shape index (κ3) is 3.38. The van der Waals surface area contributed by atoms with E-state index in [1.54, 1.807) is 12.1 Å². The van der Waals surface area contributed by atoms with Gasteiger partial charge >= 0.3 is 0 Å². The van der Waals surface area contributed by atoms with Crippen LogP contribution in [0.3, 0.4) is 0 Å². The van der Waals surface area contributed by atoms with Crippen molar-refractivity contribution < 1.29 is 13.0 Å². The van der Waals surface area contributed by atoms with E-state index in [1.165, 1.54) is 12.5 Å². The first-order valence-electron chi connectivity index (χ1n) is 5.37. The van der Waals surface area contributed by atoms with Crippen molar-refractivity contribution in [2.75, 3.05) is 12.5 Å². The largest absolute Gasteiger partial charge is 0.250 e. The Morgan fingerprint density at radius 2 is 2.06 bits per heavy atom. The van der Waals surface area contributed by atoms with Crippen LogP contribution in [0.15, 0.2) is 16.5 Å². The zero-order chi connectivity index (χ0) is 13.6. The molecule has 0 spiro atoms. The highest BCUT2D eigenvalue weighted by Crippen LogP contribution is 2.48. The van der Waals surface area contributed by atoms with Crippen LogP contribution in [0.4, 0.5) is 14.6 Å². The Kier molecular flexibility index (Phi) is 3.36. The molecule has 3 nitrogen and oxygen atoms in total. The average Bonchev–Trinajstić information content (AvgIpc) is 2.09. The SMILES string of the molecule is CS(C)(=O)=Nc1cc(C2CC(F)(F)C2)cc(Cl)n1. The van der Waals surface area contributed by atoms with Crippen molar-refractivity contribution in [2.45, 2.75) is 24.7 Å². The fraction of sp³-hybridized carbons (Fsp3) is 0.545. The molecule has 100 valence electrons. The van der Waals surface area contributed by atoms with Gasteiger partial charge in [-0.05, 0) is 23.6 Å². The first kappa shape index (κ1) is 13.7. The number of nitrogens with zero attached hydrogens (tertiary/aromatic N) is 2. The van der Waals surface area contributed by atoms with Gasteiger partial charge in [0.1, 0.15) is 5.15 Å². The van der Waals surface area contributed by atoms with Crippen LogP contribution in [0.5, 0.6) is 0 Å². The van der Waals surface area contributed by atoms with Crippen LogP contribution in [0.25, 0.3) is 0 Å². The van der Waals surface area contributed by atoms with Gasteiger partial charge in [-0.25, -0.2) is 18.0 Å². The minimum Gasteiger partial charge on any atom is -0.250 e. The zero-order valence-corrected chi connectivity index (χ0v) is 11.6. The molecular weight excluding hydrogens is 282 g/mol. The van der Waals surface area contributed by atoms with E-state index >= 15 is 0 Å². The van der Waals surface area contributed by atoms with Gasteiger partial charge in [0.05, 0.1) is 0 Å². The van der Waals surface area contributed by atoms with Crippen molar-refractivity contribution in [1.82, 2.24) is 4.98 Å². The van der Waals surface area contributed by atoms with E-state index in [2.05, 4.69) is 9.35 Å². The lowest BCUT2D eigenvalue weighted by Crippen LogP contribution is -2.33. The molecule has 1 fully saturated rings. The van der Waals surface area contributed by atoms with Crippen LogP contribution in [-0.2, 0) is 9.73 Å². The Bertz CT molecular complexity index is 581. The van der Waals surface area contributed by atoms with Crippen LogP contribution < -0.4 is 0 Å². The molecule has 0 atom stereocenters. The lowest BCUT2D eigenvalue weighted by Gasteiger charge is -2.35. The van der Waals surface area contributed by atoms with Gasteiger partial charge in [0.2, 0.25) is 5.92 Å². The number of pyridine rings is 1. The lowest BCUT2D eigenvalue weighted by atomic mass is 9.77. The van der Waals surface area contributed by atoms with E-state index in [4.69, 9.17) is 11.6 Å². The highest BCUT2D eigenvalue weighted by molar-refractivity contribution is 7.92. The predicted molar refractivity (Wildman–Crippen MR) is 68.2 cm³/mol. The second-order valence-corrected chi connectivity index (χ2v) is 7.75. The minimum atomic E-state index is -2.58. The number of hydrogen-bond donors (Lipinski definition) is 0. The van der Waals surface area contributed by atoms with Crippen molar-refractivity contribution in [2.24, 2.45) is 4.36 Å². The van der Waals surface area contributed by atoms with E-state index in [9.17, 15) is 13.0 Å². The second-order valence-electron chi connectivity index (χ2n) is 4.82. The van der Waals surface area contributed by atoms with E-state index in [0.29, 0.717) is 5.56 Å². The molecule has 0 bridgehead atoms. The number of hydrogen-bond acceptors (Lipinski definition) is 3. The zero-order valence-electron chi connectivity index (χ0n) is 9.99. The monoisotopic (exact) mass is 294 g/mol. The Morgan fingerprint density at radius 3 is 2.56 bits per heavy atom. The summed E-state index contributed by atoms with van der Waals surface area (Å²) in [5.41, 5.74) is 0.684. The summed E-state index contributed by atoms with van der Waals surface area (Å²) < 4.78 is 41.2. The van der Waals surface area contributed by atoms with Gasteiger partial charge in [0.25, 0.3) is 0 Å². The molecule has 7 heteroatoms. The molecule has 0 aliphatic heterocycles. The minimum absolute atomic E-state index is 0.180. The first-order valence-corrected chi connectivity index (χ1v) is 8.08. The summed E-state index contributed by atoms with van der Waals surface area (Å²) in [6, 6.07) is 3.14. The van der Waals surface area contributed by atoms with E-state index < -0.39 is 15.7 Å². The third-order valence-corrected chi connectivity index (χ3v) is 3.50. The van der Waals surface area contributed by atoms with Crippen molar-refractivity contribution in [3.8, 4) is 0 Å². The van der Waals surface area contributed by atoms with Crippen molar-refractivity contribution >= 4 is 27.1 Å². The quantitative estimate of drug-likeness (QED) is 0.782. The third-order valence-electron chi connectivity index (χ3n) is 2.68. The number of halogens is 3. The van der Waals surface area contributed by atoms with Crippen LogP contribution in [0, 0.1) is 0 Å². The molecule has 0 N–H and O–H groups in total. The Morgan fingerprint density at radius 1 is 1.44 bits per heavy atom. The standard InChI is InChI=1S/C11H13ClF2N2OS/c1-18(2,17)16-10-4-7(3-9(12)15-10)8-5-11(13,14)6-8/h3-4,8H,5-6H2,1-2H3. The van der Waals surface area contributed by atoms with Crippen molar-refractivity contribution in [3.05, 3.63) is 22.8 Å². The van der Waals surface area contributed by atoms with E-state index in [-0.39, 0.29) is 29.7 Å². The molecule has 0 aromatic carbocycles. The summed E-state index contributed by atoms with van der Waals surface area (Å²) in [7, 11) is -2.34. The molecule has 0 radical (unpaired) electrons. The Hall–Kier alpha value is -0.750. The van der Waals surface area contributed by atoms with Gasteiger partial charge in [0.15, 0.2) is 5.82 Å². The molecule has 1 heterocycles. The van der Waals surface area contributed by atoms with Gasteiger partial charge in [-0.1, -0.05) is 11.6 Å². The maximum Gasteiger partial charge on any atom is 0.249 e. The normalized spacial score (nSPS) is 19.4. The molecule has 1 aromatic rings. The Balaban J connectivity index is 2.32. The number of rotatable bonds is 2. The van der Waals surface area contributed by atoms with Crippen LogP contribution in [-0.4, -0.2) is 27.6 Å². The van der Waals surface area contributed by atoms with Gasteiger partial charge in [-0.2, -0.15) is 4.36 Å². The van der Waals surface area contributed by atoms with Crippen LogP contribution in [0.1, 0.15) is 24.3 Å². The molecule has 0 unspecified atom stereocenters. The summed E-state index contributed by atoms with van der Waals surface area (Å²) in [6.07, 6.45) is 2.60. The van der Waals surface area contributed by atoms with E-state index in [0.717, 1.165) is 0 Å². The topological polar surface area (TPSA) is 42.3 Å². The highest BCUT2D eigenvalue weighted by atomic mass is 35.5. The summed E-state index contributed by atoms with van der Waals surface area (Å²) in [6.45, 7) is 0. The molecule has 2 rings (SSSR count). The predicted octanol–water partition coefficient (Wildman–Crippen LogP) is 3.61. The fourth-order valence-electron chi connectivity index (χ4n) is 1.91. The molecule has 1 aromatic heterocycles. The molecule has 0 amide bonds. The van der Waals surface area contributed by atoms with Gasteiger partial charge in [-0.3, -0.25) is 0 Å². The molecular formula is C11H13ClF2N2OS. The van der Waals surface area contributed by atoms with Crippen molar-refractivity contribution in [1.29, 1.82) is 0 Å². The number of aromatic nitrogens is 1. The molecule has 1 aliphatic rings. The maximum atomic E-state index is 12.8. The van der Waals surface area contributed by atoms with Gasteiger partial charge < -0.3 is 0 Å². The average molecular weight is 295 g/mol. The maximum absolute atomic E-state index is 12.8. The lowest BCUT2D eigenvalue weighted by molar-refractivity contribution is -0.0867. The molecule has 0 saturated heterocycles. The molecule has 18 heavy (non-hydrogen) atoms. The summed E-state index contributed by atoms with van der Waals surface area (Å²) >= 11 is 5.82. The van der Waals surface area contributed by atoms with Crippen LogP contribution in [0.2, 0.25) is 5.15 Å². The van der Waals surface area contributed by atoms with Crippen LogP contribution >= 0.6 is 11.6 Å². The summed E-state index contributed by atoms with van der Waals surface area (Å²) in [5, 5.41) is 0.185. The smallest absolute Gasteiger partial charge is 0.249 e. The molecule has 1 saturated carbocycles. The second kappa shape index (κ2) is 4.42. The van der Waals surface area contributed by atoms with E-state index in [1.807, 2.05) is 0 Å². The number of alkyl halides is 2. The fourth-order valence-corrected chi connectivity index (χ4v) is 2.66. The van der Waals surface area contributed by atoms with Gasteiger partial charge in [0, 0.05) is 35.1 Å². The summed E-state index contributed by atoms with van der Waals surface area (Å²) in [5.74, 6) is -2.57. The highest BCUT2D eigenvalue weighted by Gasteiger charge is 2.45.